The summed E-state index contributed by atoms with van der Waals surface area (Å²) in [5, 5.41) is 3.57. The third-order valence-electron chi connectivity index (χ3n) is 3.71. The number of nitrogens with one attached hydrogen (secondary N) is 1. The van der Waals surface area contributed by atoms with E-state index in [4.69, 9.17) is 10.5 Å². The first-order chi connectivity index (χ1) is 8.20. The van der Waals surface area contributed by atoms with Crippen LogP contribution in [-0.2, 0) is 0 Å². The molecule has 0 radical (unpaired) electrons. The topological polar surface area (TPSA) is 47.3 Å². The molecule has 0 heterocycles. The molecule has 0 bridgehead atoms. The largest absolute Gasteiger partial charge is 0.497 e. The van der Waals surface area contributed by atoms with Crippen molar-refractivity contribution in [3.05, 3.63) is 18.2 Å². The van der Waals surface area contributed by atoms with Crippen molar-refractivity contribution >= 4 is 11.4 Å². The number of hydrogen-bond donors (Lipinski definition) is 2. The molecule has 0 aliphatic heterocycles. The fourth-order valence-corrected chi connectivity index (χ4v) is 2.52. The van der Waals surface area contributed by atoms with Gasteiger partial charge in [0, 0.05) is 12.1 Å². The van der Waals surface area contributed by atoms with Gasteiger partial charge in [0.2, 0.25) is 0 Å². The molecule has 3 nitrogen and oxygen atoms in total. The van der Waals surface area contributed by atoms with Crippen molar-refractivity contribution in [3.8, 4) is 5.75 Å². The van der Waals surface area contributed by atoms with Crippen LogP contribution < -0.4 is 15.8 Å². The summed E-state index contributed by atoms with van der Waals surface area (Å²) >= 11 is 0. The predicted molar refractivity (Wildman–Crippen MR) is 72.4 cm³/mol. The second-order valence-electron chi connectivity index (χ2n) is 4.97. The number of rotatable bonds is 3. The molecule has 17 heavy (non-hydrogen) atoms. The van der Waals surface area contributed by atoms with Gasteiger partial charge in [0.15, 0.2) is 0 Å². The molecule has 3 N–H and O–H groups in total. The summed E-state index contributed by atoms with van der Waals surface area (Å²) in [4.78, 5) is 0. The van der Waals surface area contributed by atoms with Crippen LogP contribution in [-0.4, -0.2) is 13.2 Å². The van der Waals surface area contributed by atoms with Gasteiger partial charge in [-0.25, -0.2) is 0 Å². The van der Waals surface area contributed by atoms with Crippen molar-refractivity contribution in [2.24, 2.45) is 5.92 Å². The van der Waals surface area contributed by atoms with Gasteiger partial charge in [-0.1, -0.05) is 19.8 Å². The van der Waals surface area contributed by atoms with Gasteiger partial charge in [-0.2, -0.15) is 0 Å². The first-order valence-corrected chi connectivity index (χ1v) is 6.40. The van der Waals surface area contributed by atoms with Gasteiger partial charge >= 0.3 is 0 Å². The van der Waals surface area contributed by atoms with Crippen LogP contribution in [0.3, 0.4) is 0 Å². The van der Waals surface area contributed by atoms with Crippen LogP contribution in [0.25, 0.3) is 0 Å². The van der Waals surface area contributed by atoms with Gasteiger partial charge in [0.05, 0.1) is 18.5 Å². The molecule has 2 atom stereocenters. The Balaban J connectivity index is 2.11. The molecule has 0 amide bonds. The highest BCUT2D eigenvalue weighted by Crippen LogP contribution is 2.30. The lowest BCUT2D eigenvalue weighted by Gasteiger charge is -2.30. The minimum absolute atomic E-state index is 0.540. The van der Waals surface area contributed by atoms with E-state index in [0.29, 0.717) is 12.0 Å². The first kappa shape index (κ1) is 12.1. The van der Waals surface area contributed by atoms with Gasteiger partial charge in [-0.3, -0.25) is 0 Å². The first-order valence-electron chi connectivity index (χ1n) is 6.40. The van der Waals surface area contributed by atoms with Crippen molar-refractivity contribution in [2.45, 2.75) is 38.6 Å². The van der Waals surface area contributed by atoms with Crippen LogP contribution in [0.15, 0.2) is 18.2 Å². The van der Waals surface area contributed by atoms with Gasteiger partial charge in [0.1, 0.15) is 5.75 Å². The Kier molecular flexibility index (Phi) is 3.77. The van der Waals surface area contributed by atoms with Crippen LogP contribution in [0.2, 0.25) is 0 Å². The standard InChI is InChI=1S/C14H22N2O/c1-10-5-3-4-6-13(10)16-14-9-11(17-2)7-8-12(14)15/h7-10,13,16H,3-6,15H2,1-2H3. The van der Waals surface area contributed by atoms with Crippen LogP contribution in [0, 0.1) is 5.92 Å². The summed E-state index contributed by atoms with van der Waals surface area (Å²) in [6.07, 6.45) is 5.21. The van der Waals surface area contributed by atoms with Gasteiger partial charge in [-0.15, -0.1) is 0 Å². The maximum Gasteiger partial charge on any atom is 0.121 e. The van der Waals surface area contributed by atoms with Crippen LogP contribution in [0.1, 0.15) is 32.6 Å². The number of benzene rings is 1. The zero-order valence-corrected chi connectivity index (χ0v) is 10.7. The Morgan fingerprint density at radius 1 is 1.29 bits per heavy atom. The minimum Gasteiger partial charge on any atom is -0.497 e. The molecule has 0 spiro atoms. The zero-order chi connectivity index (χ0) is 12.3. The molecule has 1 aromatic rings. The lowest BCUT2D eigenvalue weighted by molar-refractivity contribution is 0.349. The molecule has 2 rings (SSSR count). The number of ether oxygens (including phenoxy) is 1. The Bertz CT molecular complexity index is 378. The lowest BCUT2D eigenvalue weighted by atomic mass is 9.86. The number of hydrogen-bond acceptors (Lipinski definition) is 3. The van der Waals surface area contributed by atoms with Crippen LogP contribution in [0.5, 0.6) is 5.75 Å². The van der Waals surface area contributed by atoms with E-state index in [1.165, 1.54) is 25.7 Å². The summed E-state index contributed by atoms with van der Waals surface area (Å²) in [7, 11) is 1.68. The van der Waals surface area contributed by atoms with Crippen molar-refractivity contribution in [3.63, 3.8) is 0 Å². The minimum atomic E-state index is 0.540. The van der Waals surface area contributed by atoms with E-state index >= 15 is 0 Å². The fourth-order valence-electron chi connectivity index (χ4n) is 2.52. The Labute approximate surface area is 103 Å². The highest BCUT2D eigenvalue weighted by Gasteiger charge is 2.21. The quantitative estimate of drug-likeness (QED) is 0.789. The van der Waals surface area contributed by atoms with Gasteiger partial charge in [-0.05, 0) is 30.9 Å². The van der Waals surface area contributed by atoms with Gasteiger partial charge in [0.25, 0.3) is 0 Å². The summed E-state index contributed by atoms with van der Waals surface area (Å²) in [6.45, 7) is 2.31. The van der Waals surface area contributed by atoms with E-state index in [1.807, 2.05) is 18.2 Å². The second-order valence-corrected chi connectivity index (χ2v) is 4.97. The molecule has 0 aromatic heterocycles. The van der Waals surface area contributed by atoms with Crippen molar-refractivity contribution in [1.82, 2.24) is 0 Å². The normalized spacial score (nSPS) is 24.4. The molecule has 2 unspecified atom stereocenters. The number of nitrogens with two attached hydrogens (primary N) is 1. The molecular weight excluding hydrogens is 212 g/mol. The van der Waals surface area contributed by atoms with Crippen LogP contribution in [0.4, 0.5) is 11.4 Å². The predicted octanol–water partition coefficient (Wildman–Crippen LogP) is 3.27. The van der Waals surface area contributed by atoms with Crippen molar-refractivity contribution in [2.75, 3.05) is 18.2 Å². The Hall–Kier alpha value is -1.38. The fraction of sp³-hybridized carbons (Fsp3) is 0.571. The smallest absolute Gasteiger partial charge is 0.121 e. The van der Waals surface area contributed by atoms with Crippen molar-refractivity contribution in [1.29, 1.82) is 0 Å². The second kappa shape index (κ2) is 5.30. The maximum absolute atomic E-state index is 5.99. The average Bonchev–Trinajstić information content (AvgIpc) is 2.35. The molecule has 1 aliphatic rings. The van der Waals surface area contributed by atoms with E-state index in [2.05, 4.69) is 12.2 Å². The number of nitrogen functional groups attached to an aromatic ring is 1. The van der Waals surface area contributed by atoms with E-state index < -0.39 is 0 Å². The molecule has 1 fully saturated rings. The molecule has 1 aliphatic carbocycles. The summed E-state index contributed by atoms with van der Waals surface area (Å²) in [5.41, 5.74) is 7.79. The lowest BCUT2D eigenvalue weighted by Crippen LogP contribution is -2.30. The highest BCUT2D eigenvalue weighted by atomic mass is 16.5. The van der Waals surface area contributed by atoms with Crippen molar-refractivity contribution < 1.29 is 4.74 Å². The SMILES string of the molecule is COc1ccc(N)c(NC2CCCCC2C)c1. The number of anilines is 2. The van der Waals surface area contributed by atoms with E-state index in [9.17, 15) is 0 Å². The van der Waals surface area contributed by atoms with E-state index in [1.54, 1.807) is 7.11 Å². The molecule has 0 saturated heterocycles. The summed E-state index contributed by atoms with van der Waals surface area (Å²) < 4.78 is 5.23. The third kappa shape index (κ3) is 2.84. The van der Waals surface area contributed by atoms with E-state index in [-0.39, 0.29) is 0 Å². The highest BCUT2D eigenvalue weighted by molar-refractivity contribution is 5.68. The maximum atomic E-state index is 5.99. The molecule has 3 heteroatoms. The Morgan fingerprint density at radius 3 is 2.76 bits per heavy atom. The van der Waals surface area contributed by atoms with E-state index in [0.717, 1.165) is 17.1 Å². The average molecular weight is 234 g/mol. The molecule has 94 valence electrons. The van der Waals surface area contributed by atoms with Crippen LogP contribution >= 0.6 is 0 Å². The summed E-state index contributed by atoms with van der Waals surface area (Å²) in [6, 6.07) is 6.31. The summed E-state index contributed by atoms with van der Waals surface area (Å²) in [5.74, 6) is 1.57. The molecule has 1 saturated carbocycles. The zero-order valence-electron chi connectivity index (χ0n) is 10.7. The third-order valence-corrected chi connectivity index (χ3v) is 3.71. The van der Waals surface area contributed by atoms with Gasteiger partial charge < -0.3 is 15.8 Å². The molecule has 1 aromatic carbocycles. The monoisotopic (exact) mass is 234 g/mol. The number of methoxy groups -OCH3 is 1. The Morgan fingerprint density at radius 2 is 2.06 bits per heavy atom. The molecular formula is C14H22N2O.